The smallest absolute Gasteiger partial charge is 0.216 e. The van der Waals surface area contributed by atoms with E-state index in [1.54, 1.807) is 27.1 Å². The summed E-state index contributed by atoms with van der Waals surface area (Å²) in [6, 6.07) is 3.78. The molecule has 18 heavy (non-hydrogen) atoms. The topological polar surface area (TPSA) is 54.7 Å². The van der Waals surface area contributed by atoms with Crippen molar-refractivity contribution in [2.45, 2.75) is 25.6 Å². The third-order valence-corrected chi connectivity index (χ3v) is 5.07. The summed E-state index contributed by atoms with van der Waals surface area (Å²) in [5, 5.41) is -0.403. The van der Waals surface area contributed by atoms with Crippen LogP contribution in [-0.2, 0) is 16.6 Å². The van der Waals surface area contributed by atoms with Gasteiger partial charge in [-0.1, -0.05) is 6.07 Å². The first kappa shape index (κ1) is 13.0. The first-order valence-electron chi connectivity index (χ1n) is 5.78. The lowest BCUT2D eigenvalue weighted by Gasteiger charge is -2.19. The molecule has 0 aromatic carbocycles. The summed E-state index contributed by atoms with van der Waals surface area (Å²) in [6.07, 6.45) is 5.46. The van der Waals surface area contributed by atoms with E-state index in [9.17, 15) is 8.42 Å². The van der Waals surface area contributed by atoms with Crippen molar-refractivity contribution in [3.05, 3.63) is 36.3 Å². The monoisotopic (exact) mass is 267 g/mol. The van der Waals surface area contributed by atoms with Crippen molar-refractivity contribution in [2.24, 2.45) is 0 Å². The number of sulfonamides is 1. The van der Waals surface area contributed by atoms with Crippen LogP contribution in [0.25, 0.3) is 5.65 Å². The predicted molar refractivity (Wildman–Crippen MR) is 70.7 cm³/mol. The standard InChI is InChI=1S/C12H17N3O2S/c1-10(2)18(16,17)14(3)8-11-4-5-12-13-6-7-15(12)9-11/h4-7,9-10H,8H2,1-3H3. The van der Waals surface area contributed by atoms with E-state index < -0.39 is 15.3 Å². The first-order chi connectivity index (χ1) is 8.41. The van der Waals surface area contributed by atoms with Crippen molar-refractivity contribution < 1.29 is 8.42 Å². The molecule has 2 aromatic heterocycles. The Bertz CT molecular complexity index is 646. The quantitative estimate of drug-likeness (QED) is 0.843. The maximum Gasteiger partial charge on any atom is 0.216 e. The number of fused-ring (bicyclic) bond motifs is 1. The minimum absolute atomic E-state index is 0.370. The number of hydrogen-bond acceptors (Lipinski definition) is 3. The van der Waals surface area contributed by atoms with Crippen molar-refractivity contribution in [3.8, 4) is 0 Å². The van der Waals surface area contributed by atoms with Crippen LogP contribution in [0, 0.1) is 0 Å². The van der Waals surface area contributed by atoms with Gasteiger partial charge in [-0.15, -0.1) is 0 Å². The number of nitrogens with zero attached hydrogens (tertiary/aromatic N) is 3. The van der Waals surface area contributed by atoms with Gasteiger partial charge in [0.25, 0.3) is 0 Å². The zero-order valence-corrected chi connectivity index (χ0v) is 11.6. The molecule has 0 aliphatic heterocycles. The molecular weight excluding hydrogens is 250 g/mol. The number of imidazole rings is 1. The van der Waals surface area contributed by atoms with Gasteiger partial charge < -0.3 is 4.40 Å². The van der Waals surface area contributed by atoms with E-state index in [-0.39, 0.29) is 0 Å². The predicted octanol–water partition coefficient (Wildman–Crippen LogP) is 1.50. The molecule has 0 radical (unpaired) electrons. The van der Waals surface area contributed by atoms with Crippen molar-refractivity contribution in [2.75, 3.05) is 7.05 Å². The van der Waals surface area contributed by atoms with E-state index in [0.717, 1.165) is 11.2 Å². The molecule has 0 fully saturated rings. The maximum atomic E-state index is 12.0. The second-order valence-corrected chi connectivity index (χ2v) is 7.18. The lowest BCUT2D eigenvalue weighted by atomic mass is 10.3. The highest BCUT2D eigenvalue weighted by Crippen LogP contribution is 2.12. The highest BCUT2D eigenvalue weighted by Gasteiger charge is 2.22. The van der Waals surface area contributed by atoms with Gasteiger partial charge in [0, 0.05) is 32.2 Å². The minimum Gasteiger partial charge on any atom is -0.307 e. The molecule has 0 N–H and O–H groups in total. The van der Waals surface area contributed by atoms with Gasteiger partial charge in [-0.3, -0.25) is 0 Å². The van der Waals surface area contributed by atoms with Crippen molar-refractivity contribution >= 4 is 15.7 Å². The lowest BCUT2D eigenvalue weighted by molar-refractivity contribution is 0.459. The molecule has 0 bridgehead atoms. The fourth-order valence-electron chi connectivity index (χ4n) is 1.77. The normalized spacial score (nSPS) is 12.7. The summed E-state index contributed by atoms with van der Waals surface area (Å²) in [5.74, 6) is 0. The van der Waals surface area contributed by atoms with Crippen LogP contribution < -0.4 is 0 Å². The molecule has 98 valence electrons. The molecule has 0 aliphatic rings. The molecule has 0 unspecified atom stereocenters. The van der Waals surface area contributed by atoms with Crippen LogP contribution in [0.4, 0.5) is 0 Å². The van der Waals surface area contributed by atoms with Crippen LogP contribution in [0.3, 0.4) is 0 Å². The van der Waals surface area contributed by atoms with Crippen LogP contribution in [0.15, 0.2) is 30.7 Å². The van der Waals surface area contributed by atoms with Gasteiger partial charge in [0.15, 0.2) is 0 Å². The summed E-state index contributed by atoms with van der Waals surface area (Å²) < 4.78 is 27.2. The van der Waals surface area contributed by atoms with Crippen LogP contribution in [0.2, 0.25) is 0 Å². The molecule has 0 saturated carbocycles. The van der Waals surface area contributed by atoms with E-state index in [1.807, 2.05) is 28.9 Å². The molecular formula is C12H17N3O2S. The second kappa shape index (κ2) is 4.70. The van der Waals surface area contributed by atoms with Crippen molar-refractivity contribution in [1.29, 1.82) is 0 Å². The largest absolute Gasteiger partial charge is 0.307 e. The Balaban J connectivity index is 2.23. The Hall–Kier alpha value is -1.40. The Kier molecular flexibility index (Phi) is 3.41. The average Bonchev–Trinajstić information content (AvgIpc) is 2.75. The minimum atomic E-state index is -3.21. The average molecular weight is 267 g/mol. The summed E-state index contributed by atoms with van der Waals surface area (Å²) in [5.41, 5.74) is 1.79. The van der Waals surface area contributed by atoms with E-state index in [1.165, 1.54) is 4.31 Å². The Morgan fingerprint density at radius 2 is 2.11 bits per heavy atom. The highest BCUT2D eigenvalue weighted by atomic mass is 32.2. The Morgan fingerprint density at radius 1 is 1.39 bits per heavy atom. The van der Waals surface area contributed by atoms with Gasteiger partial charge in [-0.25, -0.2) is 17.7 Å². The van der Waals surface area contributed by atoms with Crippen LogP contribution in [0.5, 0.6) is 0 Å². The van der Waals surface area contributed by atoms with Gasteiger partial charge in [0.05, 0.1) is 5.25 Å². The van der Waals surface area contributed by atoms with Crippen LogP contribution in [0.1, 0.15) is 19.4 Å². The third kappa shape index (κ3) is 2.39. The van der Waals surface area contributed by atoms with E-state index in [2.05, 4.69) is 4.98 Å². The van der Waals surface area contributed by atoms with Crippen molar-refractivity contribution in [1.82, 2.24) is 13.7 Å². The van der Waals surface area contributed by atoms with Gasteiger partial charge in [-0.05, 0) is 25.5 Å². The fourth-order valence-corrected chi connectivity index (χ4v) is 2.82. The van der Waals surface area contributed by atoms with Crippen molar-refractivity contribution in [3.63, 3.8) is 0 Å². The molecule has 0 amide bonds. The maximum absolute atomic E-state index is 12.0. The van der Waals surface area contributed by atoms with Crippen LogP contribution in [-0.4, -0.2) is 34.4 Å². The fraction of sp³-hybridized carbons (Fsp3) is 0.417. The first-order valence-corrected chi connectivity index (χ1v) is 7.28. The molecule has 2 rings (SSSR count). The van der Waals surface area contributed by atoms with Gasteiger partial charge in [-0.2, -0.15) is 0 Å². The molecule has 0 saturated heterocycles. The van der Waals surface area contributed by atoms with E-state index in [4.69, 9.17) is 0 Å². The third-order valence-electron chi connectivity index (χ3n) is 2.89. The van der Waals surface area contributed by atoms with Gasteiger partial charge in [0.1, 0.15) is 5.65 Å². The number of hydrogen-bond donors (Lipinski definition) is 0. The molecule has 0 aliphatic carbocycles. The van der Waals surface area contributed by atoms with E-state index >= 15 is 0 Å². The van der Waals surface area contributed by atoms with Gasteiger partial charge in [0.2, 0.25) is 10.0 Å². The Labute approximate surface area is 107 Å². The second-order valence-electron chi connectivity index (χ2n) is 4.58. The number of rotatable bonds is 4. The SMILES string of the molecule is CC(C)S(=O)(=O)N(C)Cc1ccc2nccn2c1. The molecule has 0 atom stereocenters. The summed E-state index contributed by atoms with van der Waals surface area (Å²) in [7, 11) is -1.60. The van der Waals surface area contributed by atoms with E-state index in [0.29, 0.717) is 6.54 Å². The molecule has 0 spiro atoms. The number of pyridine rings is 1. The summed E-state index contributed by atoms with van der Waals surface area (Å²) in [6.45, 7) is 3.74. The summed E-state index contributed by atoms with van der Waals surface area (Å²) >= 11 is 0. The highest BCUT2D eigenvalue weighted by molar-refractivity contribution is 7.89. The lowest BCUT2D eigenvalue weighted by Crippen LogP contribution is -2.32. The zero-order chi connectivity index (χ0) is 13.3. The molecule has 5 nitrogen and oxygen atoms in total. The van der Waals surface area contributed by atoms with Crippen LogP contribution >= 0.6 is 0 Å². The molecule has 6 heteroatoms. The number of aromatic nitrogens is 2. The Morgan fingerprint density at radius 3 is 2.78 bits per heavy atom. The zero-order valence-electron chi connectivity index (χ0n) is 10.7. The molecule has 2 aromatic rings. The van der Waals surface area contributed by atoms with Gasteiger partial charge >= 0.3 is 0 Å². The summed E-state index contributed by atoms with van der Waals surface area (Å²) in [4.78, 5) is 4.15. The molecule has 2 heterocycles.